The summed E-state index contributed by atoms with van der Waals surface area (Å²) in [6, 6.07) is 0. The summed E-state index contributed by atoms with van der Waals surface area (Å²) in [7, 11) is 4.87. The van der Waals surface area contributed by atoms with Crippen LogP contribution in [0.1, 0.15) is 12.8 Å². The van der Waals surface area contributed by atoms with Gasteiger partial charge >= 0.3 is 14.0 Å². The van der Waals surface area contributed by atoms with E-state index in [1.54, 1.807) is 6.08 Å². The molecule has 0 N–H and O–H groups in total. The number of carbonyl (C=O) groups excluding carboxylic acids is 1. The van der Waals surface area contributed by atoms with Crippen LogP contribution in [0.2, 0.25) is 0 Å². The molecule has 4 aliphatic rings. The maximum atomic E-state index is 11.2. The molecule has 4 heteroatoms. The molecule has 4 rings (SSSR count). The molecule has 1 saturated carbocycles. The fourth-order valence-corrected chi connectivity index (χ4v) is 3.63. The zero-order chi connectivity index (χ0) is 10.4. The van der Waals surface area contributed by atoms with E-state index in [1.165, 1.54) is 25.0 Å². The first-order valence-electron chi connectivity index (χ1n) is 5.61. The minimum atomic E-state index is -0.396. The summed E-state index contributed by atoms with van der Waals surface area (Å²) < 4.78 is 4.23. The summed E-state index contributed by atoms with van der Waals surface area (Å²) in [6.07, 6.45) is 4.13. The van der Waals surface area contributed by atoms with Crippen molar-refractivity contribution in [3.8, 4) is 0 Å². The zero-order valence-electron chi connectivity index (χ0n) is 8.69. The molecule has 2 unspecified atom stereocenters. The summed E-state index contributed by atoms with van der Waals surface area (Å²) in [5.41, 5.74) is 1.29. The van der Waals surface area contributed by atoms with E-state index in [9.17, 15) is 4.79 Å². The highest BCUT2D eigenvalue weighted by atomic mass is 16.5. The predicted molar refractivity (Wildman–Crippen MR) is 56.1 cm³/mol. The molecule has 3 heterocycles. The molecule has 3 aliphatic heterocycles. The van der Waals surface area contributed by atoms with Crippen molar-refractivity contribution < 1.29 is 9.45 Å². The van der Waals surface area contributed by atoms with Crippen molar-refractivity contribution in [3.05, 3.63) is 11.6 Å². The molecule has 78 valence electrons. The monoisotopic (exact) mass is 203 g/mol. The van der Waals surface area contributed by atoms with Crippen LogP contribution in [0.25, 0.3) is 0 Å². The third-order valence-corrected chi connectivity index (χ3v) is 4.05. The van der Waals surface area contributed by atoms with Gasteiger partial charge in [-0.25, -0.2) is 4.79 Å². The van der Waals surface area contributed by atoms with Gasteiger partial charge in [-0.1, -0.05) is 5.57 Å². The molecule has 0 amide bonds. The second-order valence-electron chi connectivity index (χ2n) is 5.03. The van der Waals surface area contributed by atoms with E-state index in [0.29, 0.717) is 11.8 Å². The Morgan fingerprint density at radius 1 is 1.33 bits per heavy atom. The fourth-order valence-electron chi connectivity index (χ4n) is 3.63. The van der Waals surface area contributed by atoms with E-state index in [4.69, 9.17) is 8.05 Å². The Morgan fingerprint density at radius 2 is 2.00 bits per heavy atom. The van der Waals surface area contributed by atoms with Crippen LogP contribution in [-0.4, -0.2) is 38.6 Å². The maximum absolute atomic E-state index is 11.2. The number of rotatable bonds is 1. The Bertz CT molecular complexity index is 297. The largest absolute Gasteiger partial charge is 0.540 e. The number of carbonyl (C=O) groups is 1. The Labute approximate surface area is 90.9 Å². The van der Waals surface area contributed by atoms with Crippen molar-refractivity contribution in [1.82, 2.24) is 4.90 Å². The van der Waals surface area contributed by atoms with E-state index in [-0.39, 0.29) is 0 Å². The van der Waals surface area contributed by atoms with Crippen LogP contribution in [0.4, 0.5) is 0 Å². The van der Waals surface area contributed by atoms with E-state index >= 15 is 0 Å². The lowest BCUT2D eigenvalue weighted by Gasteiger charge is -2.53. The molecule has 4 bridgehead atoms. The first-order chi connectivity index (χ1) is 7.26. The number of hydrogen-bond acceptors (Lipinski definition) is 3. The SMILES string of the molecule is [B]OC(=O)C=C1C2CC3CC1CN(C3)C2. The Morgan fingerprint density at radius 3 is 2.53 bits per heavy atom. The standard InChI is InChI=1S/C11H14BNO2/c12-15-11(14)3-10-8-1-7-2-9(10)6-13(4-7)5-8/h3,7-9H,1-2,4-6H2. The van der Waals surface area contributed by atoms with Crippen LogP contribution < -0.4 is 0 Å². The second kappa shape index (κ2) is 3.37. The van der Waals surface area contributed by atoms with E-state index in [0.717, 1.165) is 19.0 Å². The predicted octanol–water partition coefficient (Wildman–Crippen LogP) is 0.511. The van der Waals surface area contributed by atoms with Gasteiger partial charge in [0, 0.05) is 25.7 Å². The van der Waals surface area contributed by atoms with Crippen molar-refractivity contribution in [3.63, 3.8) is 0 Å². The van der Waals surface area contributed by atoms with Crippen molar-refractivity contribution in [2.24, 2.45) is 17.8 Å². The molecule has 4 fully saturated rings. The highest BCUT2D eigenvalue weighted by Gasteiger charge is 2.44. The van der Waals surface area contributed by atoms with Crippen molar-refractivity contribution in [1.29, 1.82) is 0 Å². The molecule has 0 aromatic rings. The smallest absolute Gasteiger partial charge is 0.378 e. The van der Waals surface area contributed by atoms with Gasteiger partial charge in [0.05, 0.1) is 0 Å². The van der Waals surface area contributed by atoms with Gasteiger partial charge < -0.3 is 9.55 Å². The molecule has 3 saturated heterocycles. The topological polar surface area (TPSA) is 29.5 Å². The number of hydrogen-bond donors (Lipinski definition) is 0. The van der Waals surface area contributed by atoms with Crippen LogP contribution >= 0.6 is 0 Å². The third kappa shape index (κ3) is 1.51. The van der Waals surface area contributed by atoms with Gasteiger partial charge in [-0.15, -0.1) is 0 Å². The Balaban J connectivity index is 1.86. The summed E-state index contributed by atoms with van der Waals surface area (Å²) in [5, 5.41) is 0. The van der Waals surface area contributed by atoms with Gasteiger partial charge in [-0.2, -0.15) is 0 Å². The molecule has 2 radical (unpaired) electrons. The van der Waals surface area contributed by atoms with Gasteiger partial charge in [-0.05, 0) is 30.6 Å². The molecule has 2 atom stereocenters. The van der Waals surface area contributed by atoms with Crippen LogP contribution in [0, 0.1) is 17.8 Å². The van der Waals surface area contributed by atoms with Crippen LogP contribution in [0.3, 0.4) is 0 Å². The number of piperidine rings is 3. The van der Waals surface area contributed by atoms with E-state index in [1.807, 2.05) is 0 Å². The zero-order valence-corrected chi connectivity index (χ0v) is 8.69. The van der Waals surface area contributed by atoms with Gasteiger partial charge in [0.2, 0.25) is 0 Å². The van der Waals surface area contributed by atoms with Crippen molar-refractivity contribution >= 4 is 14.0 Å². The molecule has 15 heavy (non-hydrogen) atoms. The normalized spacial score (nSPS) is 41.7. The van der Waals surface area contributed by atoms with Crippen LogP contribution in [0.15, 0.2) is 11.6 Å². The first kappa shape index (κ1) is 9.46. The van der Waals surface area contributed by atoms with Crippen LogP contribution in [-0.2, 0) is 9.45 Å². The molecular weight excluding hydrogens is 189 g/mol. The molecule has 3 nitrogen and oxygen atoms in total. The van der Waals surface area contributed by atoms with Crippen molar-refractivity contribution in [2.75, 3.05) is 19.6 Å². The number of nitrogens with zero attached hydrogens (tertiary/aromatic N) is 1. The lowest BCUT2D eigenvalue weighted by molar-refractivity contribution is -0.128. The lowest BCUT2D eigenvalue weighted by atomic mass is 9.65. The highest BCUT2D eigenvalue weighted by Crippen LogP contribution is 2.46. The van der Waals surface area contributed by atoms with Gasteiger partial charge in [0.15, 0.2) is 0 Å². The van der Waals surface area contributed by atoms with Crippen molar-refractivity contribution in [2.45, 2.75) is 12.8 Å². The summed E-state index contributed by atoms with van der Waals surface area (Å²) in [6.45, 7) is 3.51. The van der Waals surface area contributed by atoms with Gasteiger partial charge in [0.1, 0.15) is 0 Å². The highest BCUT2D eigenvalue weighted by molar-refractivity contribution is 6.07. The molecule has 0 aromatic heterocycles. The minimum absolute atomic E-state index is 0.396. The molecular formula is C11H14BNO2. The average molecular weight is 203 g/mol. The minimum Gasteiger partial charge on any atom is -0.540 e. The molecule has 0 spiro atoms. The average Bonchev–Trinajstić information content (AvgIpc) is 2.22. The fraction of sp³-hybridized carbons (Fsp3) is 0.727. The summed E-state index contributed by atoms with van der Waals surface area (Å²) in [5.74, 6) is 1.62. The Hall–Kier alpha value is -0.765. The summed E-state index contributed by atoms with van der Waals surface area (Å²) in [4.78, 5) is 13.7. The van der Waals surface area contributed by atoms with E-state index < -0.39 is 5.97 Å². The first-order valence-corrected chi connectivity index (χ1v) is 5.61. The Kier molecular flexibility index (Phi) is 2.13. The summed E-state index contributed by atoms with van der Waals surface area (Å²) >= 11 is 0. The van der Waals surface area contributed by atoms with E-state index in [2.05, 4.69) is 9.55 Å². The molecule has 0 aromatic carbocycles. The lowest BCUT2D eigenvalue weighted by Crippen LogP contribution is -2.54. The maximum Gasteiger partial charge on any atom is 0.378 e. The molecule has 1 aliphatic carbocycles. The van der Waals surface area contributed by atoms with Gasteiger partial charge in [-0.3, -0.25) is 0 Å². The van der Waals surface area contributed by atoms with Crippen LogP contribution in [0.5, 0.6) is 0 Å². The quantitative estimate of drug-likeness (QED) is 0.459. The third-order valence-electron chi connectivity index (χ3n) is 4.05. The second-order valence-corrected chi connectivity index (χ2v) is 5.03. The van der Waals surface area contributed by atoms with Gasteiger partial charge in [0.25, 0.3) is 0 Å².